The number of primary amides is 1. The molecule has 0 aliphatic carbocycles. The highest BCUT2D eigenvalue weighted by molar-refractivity contribution is 7.18. The van der Waals surface area contributed by atoms with E-state index in [4.69, 9.17) is 5.73 Å². The van der Waals surface area contributed by atoms with Gasteiger partial charge in [0, 0.05) is 47.4 Å². The summed E-state index contributed by atoms with van der Waals surface area (Å²) < 4.78 is 0. The van der Waals surface area contributed by atoms with Crippen LogP contribution >= 0.6 is 11.3 Å². The molecule has 2 fully saturated rings. The third-order valence-electron chi connectivity index (χ3n) is 7.66. The third kappa shape index (κ3) is 3.93. The number of anilines is 1. The summed E-state index contributed by atoms with van der Waals surface area (Å²) in [5.74, 6) is 0.646. The van der Waals surface area contributed by atoms with Crippen molar-refractivity contribution >= 4 is 44.2 Å². The van der Waals surface area contributed by atoms with Gasteiger partial charge in [-0.2, -0.15) is 5.26 Å². The van der Waals surface area contributed by atoms with Gasteiger partial charge in [0.1, 0.15) is 28.7 Å². The Morgan fingerprint density at radius 3 is 2.91 bits per heavy atom. The van der Waals surface area contributed by atoms with Crippen molar-refractivity contribution in [1.29, 1.82) is 5.26 Å². The first kappa shape index (κ1) is 22.0. The minimum absolute atomic E-state index is 0.241. The van der Waals surface area contributed by atoms with Crippen LogP contribution in [0.5, 0.6) is 0 Å². The molecular formula is C26H27N7OS. The average Bonchev–Trinajstić information content (AvgIpc) is 3.61. The van der Waals surface area contributed by atoms with E-state index in [0.717, 1.165) is 71.0 Å². The van der Waals surface area contributed by atoms with Crippen LogP contribution in [0.15, 0.2) is 30.6 Å². The maximum atomic E-state index is 11.4. The van der Waals surface area contributed by atoms with Gasteiger partial charge in [-0.05, 0) is 55.6 Å². The number of nitrogens with two attached hydrogens (primary N) is 1. The predicted molar refractivity (Wildman–Crippen MR) is 137 cm³/mol. The minimum Gasteiger partial charge on any atom is -0.369 e. The molecule has 1 atom stereocenters. The molecular weight excluding hydrogens is 458 g/mol. The number of hydrogen-bond acceptors (Lipinski definition) is 7. The van der Waals surface area contributed by atoms with E-state index in [9.17, 15) is 10.1 Å². The maximum Gasteiger partial charge on any atom is 0.222 e. The highest BCUT2D eigenvalue weighted by Crippen LogP contribution is 2.43. The molecule has 0 bridgehead atoms. The Hall–Kier alpha value is -3.48. The summed E-state index contributed by atoms with van der Waals surface area (Å²) in [5.41, 5.74) is 9.88. The third-order valence-corrected chi connectivity index (χ3v) is 8.71. The van der Waals surface area contributed by atoms with Crippen LogP contribution in [0.3, 0.4) is 0 Å². The number of hydrogen-bond donors (Lipinski definition) is 2. The van der Waals surface area contributed by atoms with Crippen molar-refractivity contribution in [3.63, 3.8) is 0 Å². The first-order chi connectivity index (χ1) is 16.9. The number of nitriles is 1. The number of amides is 1. The Morgan fingerprint density at radius 2 is 2.09 bits per heavy atom. The topological polar surface area (TPSA) is 115 Å². The highest BCUT2D eigenvalue weighted by Gasteiger charge is 2.44. The van der Waals surface area contributed by atoms with Crippen molar-refractivity contribution in [3.05, 3.63) is 52.3 Å². The molecule has 1 amide bonds. The second-order valence-electron chi connectivity index (χ2n) is 10.0. The Balaban J connectivity index is 1.18. The SMILES string of the molecule is Cc1c(CN2CCC3(CCN(c4ncnc5sc(CC(N)=O)cc45)C3)C2)ccc2[nH]c(C#N)cc12. The monoisotopic (exact) mass is 485 g/mol. The number of benzene rings is 1. The van der Waals surface area contributed by atoms with Gasteiger partial charge in [0.05, 0.1) is 11.8 Å². The number of fused-ring (bicyclic) bond motifs is 2. The molecule has 2 aliphatic rings. The largest absolute Gasteiger partial charge is 0.369 e. The van der Waals surface area contributed by atoms with Crippen LogP contribution in [0, 0.1) is 23.7 Å². The number of carbonyl (C=O) groups is 1. The van der Waals surface area contributed by atoms with Gasteiger partial charge in [0.2, 0.25) is 5.91 Å². The number of carbonyl (C=O) groups excluding carboxylic acids is 1. The van der Waals surface area contributed by atoms with Crippen LogP contribution in [-0.4, -0.2) is 51.9 Å². The van der Waals surface area contributed by atoms with E-state index in [1.54, 1.807) is 6.33 Å². The van der Waals surface area contributed by atoms with Crippen molar-refractivity contribution in [2.45, 2.75) is 32.7 Å². The van der Waals surface area contributed by atoms with Crippen molar-refractivity contribution in [1.82, 2.24) is 19.9 Å². The molecule has 8 nitrogen and oxygen atoms in total. The molecule has 1 spiro atoms. The van der Waals surface area contributed by atoms with Crippen molar-refractivity contribution in [3.8, 4) is 6.07 Å². The summed E-state index contributed by atoms with van der Waals surface area (Å²) in [6, 6.07) is 10.5. The van der Waals surface area contributed by atoms with Crippen LogP contribution in [0.2, 0.25) is 0 Å². The number of nitrogens with zero attached hydrogens (tertiary/aromatic N) is 5. The van der Waals surface area contributed by atoms with Gasteiger partial charge in [-0.25, -0.2) is 9.97 Å². The Labute approximate surface area is 207 Å². The lowest BCUT2D eigenvalue weighted by Gasteiger charge is -2.25. The van der Waals surface area contributed by atoms with E-state index >= 15 is 0 Å². The summed E-state index contributed by atoms with van der Waals surface area (Å²) in [5, 5.41) is 11.4. The summed E-state index contributed by atoms with van der Waals surface area (Å²) in [6.07, 6.45) is 4.20. The number of likely N-dealkylation sites (tertiary alicyclic amines) is 1. The molecule has 2 saturated heterocycles. The molecule has 178 valence electrons. The first-order valence-corrected chi connectivity index (χ1v) is 12.7. The zero-order valence-electron chi connectivity index (χ0n) is 19.7. The number of aryl methyl sites for hydroxylation is 1. The van der Waals surface area contributed by atoms with Crippen molar-refractivity contribution in [2.75, 3.05) is 31.1 Å². The van der Waals surface area contributed by atoms with Crippen LogP contribution < -0.4 is 10.6 Å². The van der Waals surface area contributed by atoms with Gasteiger partial charge in [0.15, 0.2) is 0 Å². The van der Waals surface area contributed by atoms with Gasteiger partial charge >= 0.3 is 0 Å². The lowest BCUT2D eigenvalue weighted by molar-refractivity contribution is -0.117. The molecule has 5 heterocycles. The Morgan fingerprint density at radius 1 is 1.23 bits per heavy atom. The fourth-order valence-electron chi connectivity index (χ4n) is 5.88. The fourth-order valence-corrected chi connectivity index (χ4v) is 6.88. The van der Waals surface area contributed by atoms with Crippen LogP contribution in [-0.2, 0) is 17.8 Å². The number of thiophene rings is 1. The second kappa shape index (κ2) is 8.33. The summed E-state index contributed by atoms with van der Waals surface area (Å²) in [7, 11) is 0. The highest BCUT2D eigenvalue weighted by atomic mass is 32.1. The Bertz CT molecular complexity index is 1500. The quantitative estimate of drug-likeness (QED) is 0.447. The molecule has 4 aromatic rings. The maximum absolute atomic E-state index is 11.4. The fraction of sp³-hybridized carbons (Fsp3) is 0.385. The second-order valence-corrected chi connectivity index (χ2v) is 11.1. The molecule has 35 heavy (non-hydrogen) atoms. The van der Waals surface area contributed by atoms with Crippen LogP contribution in [0.25, 0.3) is 21.1 Å². The normalized spacial score (nSPS) is 20.4. The predicted octanol–water partition coefficient (Wildman–Crippen LogP) is 3.48. The van der Waals surface area contributed by atoms with Gasteiger partial charge in [-0.3, -0.25) is 9.69 Å². The van der Waals surface area contributed by atoms with E-state index in [-0.39, 0.29) is 17.7 Å². The molecule has 1 unspecified atom stereocenters. The molecule has 9 heteroatoms. The summed E-state index contributed by atoms with van der Waals surface area (Å²) >= 11 is 1.52. The number of aromatic amines is 1. The molecule has 6 rings (SSSR count). The number of nitrogens with one attached hydrogen (secondary N) is 1. The Kier molecular flexibility index (Phi) is 5.24. The number of aromatic nitrogens is 3. The van der Waals surface area contributed by atoms with E-state index < -0.39 is 0 Å². The van der Waals surface area contributed by atoms with Gasteiger partial charge < -0.3 is 15.6 Å². The van der Waals surface area contributed by atoms with Gasteiger partial charge in [0.25, 0.3) is 0 Å². The zero-order valence-corrected chi connectivity index (χ0v) is 20.5. The molecule has 0 radical (unpaired) electrons. The van der Waals surface area contributed by atoms with Gasteiger partial charge in [-0.15, -0.1) is 11.3 Å². The molecule has 2 aliphatic heterocycles. The standard InChI is InChI=1S/C26H27N7OS/c1-16-17(2-3-22-20(16)8-18(11-27)31-22)12-32-6-4-26(13-32)5-7-33(14-26)24-21-9-19(10-23(28)34)35-25(21)30-15-29-24/h2-3,8-9,15,31H,4-7,10,12-14H2,1H3,(H2,28,34). The summed E-state index contributed by atoms with van der Waals surface area (Å²) in [6.45, 7) is 7.20. The van der Waals surface area contributed by atoms with Crippen molar-refractivity contribution in [2.24, 2.45) is 11.1 Å². The number of rotatable bonds is 5. The molecule has 3 aromatic heterocycles. The molecule has 1 aromatic carbocycles. The average molecular weight is 486 g/mol. The van der Waals surface area contributed by atoms with Gasteiger partial charge in [-0.1, -0.05) is 6.07 Å². The minimum atomic E-state index is -0.325. The molecule has 0 saturated carbocycles. The van der Waals surface area contributed by atoms with Crippen molar-refractivity contribution < 1.29 is 4.79 Å². The smallest absolute Gasteiger partial charge is 0.222 e. The molecule has 3 N–H and O–H groups in total. The zero-order chi connectivity index (χ0) is 24.2. The van der Waals surface area contributed by atoms with Crippen LogP contribution in [0.4, 0.5) is 5.82 Å². The lowest BCUT2D eigenvalue weighted by atomic mass is 9.86. The van der Waals surface area contributed by atoms with E-state index in [1.165, 1.54) is 28.9 Å². The number of H-pyrrole nitrogens is 1. The van der Waals surface area contributed by atoms with E-state index in [2.05, 4.69) is 49.9 Å². The van der Waals surface area contributed by atoms with E-state index in [1.807, 2.05) is 12.1 Å². The summed E-state index contributed by atoms with van der Waals surface area (Å²) in [4.78, 5) is 30.4. The first-order valence-electron chi connectivity index (χ1n) is 11.9. The van der Waals surface area contributed by atoms with Crippen LogP contribution in [0.1, 0.15) is 34.5 Å². The lowest BCUT2D eigenvalue weighted by Crippen LogP contribution is -2.31. The van der Waals surface area contributed by atoms with E-state index in [0.29, 0.717) is 5.69 Å².